The molecule has 3 N–H and O–H groups in total. The second kappa shape index (κ2) is 6.88. The average molecular weight is 302 g/mol. The summed E-state index contributed by atoms with van der Waals surface area (Å²) >= 11 is 6.05. The predicted octanol–water partition coefficient (Wildman–Crippen LogP) is 0.645. The minimum absolute atomic E-state index is 0.327. The molecule has 0 saturated heterocycles. The summed E-state index contributed by atoms with van der Waals surface area (Å²) in [4.78, 5) is 11.8. The molecule has 7 heteroatoms. The van der Waals surface area contributed by atoms with Crippen molar-refractivity contribution in [3.8, 4) is 0 Å². The predicted molar refractivity (Wildman–Crippen MR) is 77.3 cm³/mol. The normalized spacial score (nSPS) is 12.1. The molecule has 0 aliphatic heterocycles. The van der Waals surface area contributed by atoms with E-state index in [0.717, 1.165) is 0 Å². The minimum Gasteiger partial charge on any atom is -0.394 e. The molecule has 0 unspecified atom stereocenters. The first-order valence-corrected chi connectivity index (χ1v) is 6.68. The van der Waals surface area contributed by atoms with Crippen molar-refractivity contribution in [1.29, 1.82) is 0 Å². The summed E-state index contributed by atoms with van der Waals surface area (Å²) in [5.74, 6) is -0.408. The Morgan fingerprint density at radius 1 is 1.50 bits per heavy atom. The first-order chi connectivity index (χ1) is 9.39. The fourth-order valence-electron chi connectivity index (χ4n) is 1.74. The number of aromatic nitrogens is 2. The molecule has 1 heterocycles. The molecule has 0 bridgehead atoms. The van der Waals surface area contributed by atoms with Crippen LogP contribution in [-0.4, -0.2) is 44.7 Å². The minimum atomic E-state index is -1.00. The summed E-state index contributed by atoms with van der Waals surface area (Å²) in [5.41, 5.74) is 0.377. The molecule has 0 aromatic carbocycles. The molecule has 0 aliphatic carbocycles. The third kappa shape index (κ3) is 3.59. The van der Waals surface area contributed by atoms with Crippen molar-refractivity contribution in [2.24, 2.45) is 7.05 Å². The van der Waals surface area contributed by atoms with Crippen LogP contribution in [0.5, 0.6) is 0 Å². The van der Waals surface area contributed by atoms with Gasteiger partial charge in [0.15, 0.2) is 0 Å². The number of halogens is 1. The molecule has 0 aliphatic rings. The van der Waals surface area contributed by atoms with Crippen molar-refractivity contribution in [1.82, 2.24) is 15.1 Å². The highest BCUT2D eigenvalue weighted by Crippen LogP contribution is 2.20. The second-order valence-electron chi connectivity index (χ2n) is 4.69. The van der Waals surface area contributed by atoms with Crippen LogP contribution in [0.15, 0.2) is 6.08 Å². The summed E-state index contributed by atoms with van der Waals surface area (Å²) in [7, 11) is 1.71. The van der Waals surface area contributed by atoms with Crippen LogP contribution in [-0.2, 0) is 11.8 Å². The Kier molecular flexibility index (Phi) is 5.74. The van der Waals surface area contributed by atoms with E-state index in [2.05, 4.69) is 10.4 Å². The first-order valence-electron chi connectivity index (χ1n) is 6.30. The highest BCUT2D eigenvalue weighted by atomic mass is 35.5. The van der Waals surface area contributed by atoms with E-state index in [1.807, 2.05) is 0 Å². The van der Waals surface area contributed by atoms with Gasteiger partial charge in [-0.3, -0.25) is 9.48 Å². The van der Waals surface area contributed by atoms with E-state index in [0.29, 0.717) is 22.8 Å². The molecule has 20 heavy (non-hydrogen) atoms. The molecule has 1 aromatic heterocycles. The Morgan fingerprint density at radius 2 is 2.10 bits per heavy atom. The van der Waals surface area contributed by atoms with Crippen molar-refractivity contribution in [2.45, 2.75) is 25.8 Å². The van der Waals surface area contributed by atoms with E-state index >= 15 is 0 Å². The Bertz CT molecular complexity index is 499. The van der Waals surface area contributed by atoms with E-state index in [-0.39, 0.29) is 13.2 Å². The molecule has 6 nitrogen and oxygen atoms in total. The van der Waals surface area contributed by atoms with Crippen molar-refractivity contribution in [3.05, 3.63) is 22.5 Å². The smallest absolute Gasteiger partial charge is 0.244 e. The van der Waals surface area contributed by atoms with E-state index in [1.54, 1.807) is 27.0 Å². The Hall–Kier alpha value is -1.37. The van der Waals surface area contributed by atoms with Gasteiger partial charge in [-0.25, -0.2) is 0 Å². The summed E-state index contributed by atoms with van der Waals surface area (Å²) in [6.07, 6.45) is 3.30. The fourth-order valence-corrected chi connectivity index (χ4v) is 1.98. The van der Waals surface area contributed by atoms with Crippen molar-refractivity contribution in [2.75, 3.05) is 13.2 Å². The number of aliphatic hydroxyl groups is 2. The molecule has 0 spiro atoms. The highest BCUT2D eigenvalue weighted by Gasteiger charge is 2.27. The summed E-state index contributed by atoms with van der Waals surface area (Å²) in [6, 6.07) is 0. The lowest BCUT2D eigenvalue weighted by Crippen LogP contribution is -2.53. The molecule has 112 valence electrons. The number of amides is 1. The molecule has 0 saturated carbocycles. The molecule has 0 radical (unpaired) electrons. The van der Waals surface area contributed by atoms with Crippen LogP contribution >= 0.6 is 11.6 Å². The second-order valence-corrected chi connectivity index (χ2v) is 5.04. The van der Waals surface area contributed by atoms with Gasteiger partial charge in [0.2, 0.25) is 5.91 Å². The number of carbonyl (C=O) groups excluding carboxylic acids is 1. The quantitative estimate of drug-likeness (QED) is 0.673. The Morgan fingerprint density at radius 3 is 2.50 bits per heavy atom. The van der Waals surface area contributed by atoms with Crippen LogP contribution in [0.4, 0.5) is 0 Å². The van der Waals surface area contributed by atoms with E-state index in [4.69, 9.17) is 11.6 Å². The number of hydrogen-bond acceptors (Lipinski definition) is 4. The van der Waals surface area contributed by atoms with Gasteiger partial charge in [-0.2, -0.15) is 5.10 Å². The van der Waals surface area contributed by atoms with Crippen LogP contribution < -0.4 is 5.32 Å². The maximum Gasteiger partial charge on any atom is 0.244 e. The molecular weight excluding hydrogens is 282 g/mol. The topological polar surface area (TPSA) is 87.4 Å². The number of hydrogen-bond donors (Lipinski definition) is 3. The highest BCUT2D eigenvalue weighted by molar-refractivity contribution is 6.31. The molecule has 0 fully saturated rings. The largest absolute Gasteiger partial charge is 0.394 e. The van der Waals surface area contributed by atoms with Gasteiger partial charge in [0.05, 0.1) is 24.4 Å². The number of nitrogens with zero attached hydrogens (tertiary/aromatic N) is 2. The van der Waals surface area contributed by atoms with Gasteiger partial charge in [-0.15, -0.1) is 0 Å². The molecule has 1 rings (SSSR count). The van der Waals surface area contributed by atoms with Gasteiger partial charge >= 0.3 is 0 Å². The fraction of sp³-hybridized carbons (Fsp3) is 0.538. The number of aliphatic hydroxyl groups excluding tert-OH is 2. The van der Waals surface area contributed by atoms with Crippen LogP contribution in [0.1, 0.15) is 24.6 Å². The molecular formula is C13H20ClN3O3. The third-order valence-corrected chi connectivity index (χ3v) is 3.72. The number of nitrogens with one attached hydrogen (secondary N) is 1. The van der Waals surface area contributed by atoms with Gasteiger partial charge in [0.25, 0.3) is 0 Å². The van der Waals surface area contributed by atoms with Crippen molar-refractivity contribution >= 4 is 23.6 Å². The average Bonchev–Trinajstić information content (AvgIpc) is 2.68. The zero-order valence-electron chi connectivity index (χ0n) is 11.9. The lowest BCUT2D eigenvalue weighted by molar-refractivity contribution is -0.119. The van der Waals surface area contributed by atoms with Gasteiger partial charge in [0, 0.05) is 18.7 Å². The van der Waals surface area contributed by atoms with E-state index in [9.17, 15) is 15.0 Å². The van der Waals surface area contributed by atoms with Crippen LogP contribution in [0.3, 0.4) is 0 Å². The summed E-state index contributed by atoms with van der Waals surface area (Å²) in [6.45, 7) is 2.92. The zero-order valence-corrected chi connectivity index (χ0v) is 12.6. The lowest BCUT2D eigenvalue weighted by Gasteiger charge is -2.28. The first kappa shape index (κ1) is 16.7. The van der Waals surface area contributed by atoms with Crippen molar-refractivity contribution < 1.29 is 15.0 Å². The Balaban J connectivity index is 2.83. The van der Waals surface area contributed by atoms with Crippen LogP contribution in [0.25, 0.3) is 6.08 Å². The van der Waals surface area contributed by atoms with Gasteiger partial charge < -0.3 is 15.5 Å². The maximum absolute atomic E-state index is 11.8. The van der Waals surface area contributed by atoms with Crippen LogP contribution in [0, 0.1) is 6.92 Å². The lowest BCUT2D eigenvalue weighted by atomic mass is 9.98. The van der Waals surface area contributed by atoms with Gasteiger partial charge in [-0.1, -0.05) is 18.5 Å². The summed E-state index contributed by atoms with van der Waals surface area (Å²) < 4.78 is 1.52. The molecule has 1 amide bonds. The molecule has 1 aromatic rings. The third-order valence-electron chi connectivity index (χ3n) is 3.27. The molecule has 0 atom stereocenters. The number of carbonyl (C=O) groups is 1. The van der Waals surface area contributed by atoms with Crippen molar-refractivity contribution in [3.63, 3.8) is 0 Å². The van der Waals surface area contributed by atoms with Crippen LogP contribution in [0.2, 0.25) is 5.15 Å². The number of aryl methyl sites for hydroxylation is 2. The number of rotatable bonds is 6. The monoisotopic (exact) mass is 301 g/mol. The zero-order chi connectivity index (χ0) is 15.3. The standard InChI is InChI=1S/C13H20ClN3O3/c1-4-13(7-18,8-19)15-11(20)6-5-10-9(2)16-17(3)12(10)14/h5-6,18-19H,4,7-8H2,1-3H3,(H,15,20)/b6-5+. The Labute approximate surface area is 123 Å². The SMILES string of the molecule is CCC(CO)(CO)NC(=O)/C=C/c1c(C)nn(C)c1Cl. The maximum atomic E-state index is 11.8. The van der Waals surface area contributed by atoms with Gasteiger partial charge in [-0.05, 0) is 19.4 Å². The van der Waals surface area contributed by atoms with E-state index < -0.39 is 11.4 Å². The van der Waals surface area contributed by atoms with Gasteiger partial charge in [0.1, 0.15) is 5.15 Å². The summed E-state index contributed by atoms with van der Waals surface area (Å²) in [5, 5.41) is 25.7. The van der Waals surface area contributed by atoms with E-state index in [1.165, 1.54) is 10.8 Å².